The molecule has 0 aliphatic heterocycles. The van der Waals surface area contributed by atoms with Gasteiger partial charge in [-0.05, 0) is 31.5 Å². The fourth-order valence-electron chi connectivity index (χ4n) is 2.55. The van der Waals surface area contributed by atoms with Crippen LogP contribution >= 0.6 is 0 Å². The maximum atomic E-state index is 12.3. The van der Waals surface area contributed by atoms with Crippen molar-refractivity contribution >= 4 is 17.7 Å². The first-order valence-electron chi connectivity index (χ1n) is 6.94. The second-order valence-corrected chi connectivity index (χ2v) is 4.85. The van der Waals surface area contributed by atoms with E-state index in [-0.39, 0.29) is 23.4 Å². The number of carbonyl (C=O) groups is 3. The zero-order valence-electron chi connectivity index (χ0n) is 13.0. The van der Waals surface area contributed by atoms with Crippen LogP contribution in [0.2, 0.25) is 0 Å². The Balaban J connectivity index is 2.70. The van der Waals surface area contributed by atoms with Crippen molar-refractivity contribution in [1.29, 1.82) is 0 Å². The van der Waals surface area contributed by atoms with Crippen LogP contribution in [-0.2, 0) is 16.6 Å². The Labute approximate surface area is 132 Å². The van der Waals surface area contributed by atoms with Crippen molar-refractivity contribution < 1.29 is 24.2 Å². The Morgan fingerprint density at radius 1 is 1.26 bits per heavy atom. The molecule has 2 heterocycles. The normalized spacial score (nSPS) is 10.4. The van der Waals surface area contributed by atoms with Crippen molar-refractivity contribution in [3.8, 4) is 11.3 Å². The first kappa shape index (κ1) is 16.4. The number of nitrogens with zero attached hydrogens (tertiary/aromatic N) is 2. The first-order valence-corrected chi connectivity index (χ1v) is 6.94. The highest BCUT2D eigenvalue weighted by Crippen LogP contribution is 2.31. The zero-order chi connectivity index (χ0) is 17.1. The largest absolute Gasteiger partial charge is 0.478 e. The van der Waals surface area contributed by atoms with E-state index in [1.807, 2.05) is 0 Å². The molecule has 120 valence electrons. The zero-order valence-corrected chi connectivity index (χ0v) is 13.0. The Hall–Kier alpha value is -2.96. The van der Waals surface area contributed by atoms with Crippen molar-refractivity contribution in [3.05, 3.63) is 41.3 Å². The minimum atomic E-state index is -1.17. The molecule has 23 heavy (non-hydrogen) atoms. The van der Waals surface area contributed by atoms with Gasteiger partial charge in [0.05, 0.1) is 17.9 Å². The minimum Gasteiger partial charge on any atom is -0.478 e. The lowest BCUT2D eigenvalue weighted by atomic mass is 10.0. The summed E-state index contributed by atoms with van der Waals surface area (Å²) in [7, 11) is 1.54. The molecular formula is C16H16N2O5. The molecule has 0 spiro atoms. The second kappa shape index (κ2) is 6.43. The van der Waals surface area contributed by atoms with Crippen LogP contribution in [0.25, 0.3) is 11.3 Å². The lowest BCUT2D eigenvalue weighted by Crippen LogP contribution is -2.21. The molecule has 0 radical (unpaired) electrons. The van der Waals surface area contributed by atoms with Crippen LogP contribution in [-0.4, -0.2) is 39.0 Å². The van der Waals surface area contributed by atoms with Crippen molar-refractivity contribution in [2.75, 3.05) is 6.61 Å². The number of hydrogen-bond donors (Lipinski definition) is 1. The summed E-state index contributed by atoms with van der Waals surface area (Å²) in [5.41, 5.74) is 1.14. The summed E-state index contributed by atoms with van der Waals surface area (Å²) in [5.74, 6) is -3.04. The van der Waals surface area contributed by atoms with E-state index in [9.17, 15) is 19.5 Å². The highest BCUT2D eigenvalue weighted by Gasteiger charge is 2.31. The summed E-state index contributed by atoms with van der Waals surface area (Å²) in [4.78, 5) is 39.6. The molecule has 0 atom stereocenters. The van der Waals surface area contributed by atoms with E-state index in [2.05, 4.69) is 4.98 Å². The SMILES string of the molecule is CCOC(=O)C(=O)c1c(C)c(C(=O)O)c(-c2ccncc2)n1C. The van der Waals surface area contributed by atoms with Gasteiger partial charge in [0.1, 0.15) is 5.69 Å². The van der Waals surface area contributed by atoms with E-state index in [0.29, 0.717) is 11.3 Å². The summed E-state index contributed by atoms with van der Waals surface area (Å²) < 4.78 is 6.13. The van der Waals surface area contributed by atoms with Gasteiger partial charge in [-0.1, -0.05) is 0 Å². The summed E-state index contributed by atoms with van der Waals surface area (Å²) in [5, 5.41) is 9.51. The number of ketones is 1. The van der Waals surface area contributed by atoms with E-state index >= 15 is 0 Å². The molecule has 0 saturated heterocycles. The molecule has 0 aliphatic carbocycles. The summed E-state index contributed by atoms with van der Waals surface area (Å²) in [6.45, 7) is 3.16. The van der Waals surface area contributed by atoms with E-state index in [1.54, 1.807) is 26.1 Å². The molecule has 0 amide bonds. The summed E-state index contributed by atoms with van der Waals surface area (Å²) in [6, 6.07) is 3.28. The van der Waals surface area contributed by atoms with Gasteiger partial charge in [-0.25, -0.2) is 9.59 Å². The first-order chi connectivity index (χ1) is 10.9. The van der Waals surface area contributed by atoms with Crippen molar-refractivity contribution in [2.45, 2.75) is 13.8 Å². The van der Waals surface area contributed by atoms with Crippen LogP contribution in [0, 0.1) is 6.92 Å². The fourth-order valence-corrected chi connectivity index (χ4v) is 2.55. The maximum Gasteiger partial charge on any atom is 0.381 e. The molecular weight excluding hydrogens is 300 g/mol. The quantitative estimate of drug-likeness (QED) is 0.513. The standard InChI is InChI=1S/C16H16N2O5/c1-4-23-16(22)14(19)12-9(2)11(15(20)21)13(18(12)3)10-5-7-17-8-6-10/h5-8H,4H2,1-3H3,(H,20,21). The van der Waals surface area contributed by atoms with Crippen molar-refractivity contribution in [2.24, 2.45) is 7.05 Å². The minimum absolute atomic E-state index is 0.00709. The van der Waals surface area contributed by atoms with Crippen LogP contribution in [0.4, 0.5) is 0 Å². The molecule has 0 aromatic carbocycles. The monoisotopic (exact) mass is 316 g/mol. The lowest BCUT2D eigenvalue weighted by Gasteiger charge is -2.07. The van der Waals surface area contributed by atoms with E-state index in [0.717, 1.165) is 0 Å². The van der Waals surface area contributed by atoms with E-state index in [1.165, 1.54) is 23.9 Å². The van der Waals surface area contributed by atoms with Gasteiger partial charge in [0.2, 0.25) is 0 Å². The number of rotatable bonds is 5. The second-order valence-electron chi connectivity index (χ2n) is 4.85. The molecule has 0 unspecified atom stereocenters. The van der Waals surface area contributed by atoms with Gasteiger partial charge >= 0.3 is 11.9 Å². The lowest BCUT2D eigenvalue weighted by molar-refractivity contribution is -0.137. The smallest absolute Gasteiger partial charge is 0.381 e. The number of aromatic carboxylic acids is 1. The van der Waals surface area contributed by atoms with Crippen LogP contribution < -0.4 is 0 Å². The molecule has 0 saturated carbocycles. The number of pyridine rings is 1. The highest BCUT2D eigenvalue weighted by molar-refractivity contribution is 6.41. The third-order valence-electron chi connectivity index (χ3n) is 3.48. The molecule has 0 bridgehead atoms. The third-order valence-corrected chi connectivity index (χ3v) is 3.48. The average molecular weight is 316 g/mol. The van der Waals surface area contributed by atoms with Gasteiger partial charge in [-0.3, -0.25) is 9.78 Å². The molecule has 1 N–H and O–H groups in total. The molecule has 0 aliphatic rings. The van der Waals surface area contributed by atoms with Crippen molar-refractivity contribution in [1.82, 2.24) is 9.55 Å². The predicted molar refractivity (Wildman–Crippen MR) is 81.3 cm³/mol. The number of carboxylic acids is 1. The van der Waals surface area contributed by atoms with Gasteiger partial charge in [-0.15, -0.1) is 0 Å². The van der Waals surface area contributed by atoms with E-state index in [4.69, 9.17) is 4.74 Å². The van der Waals surface area contributed by atoms with Gasteiger partial charge in [-0.2, -0.15) is 0 Å². The number of carbonyl (C=O) groups excluding carboxylic acids is 2. The molecule has 7 heteroatoms. The molecule has 2 rings (SSSR count). The van der Waals surface area contributed by atoms with Gasteiger partial charge in [0, 0.05) is 25.0 Å². The van der Waals surface area contributed by atoms with Gasteiger partial charge in [0.25, 0.3) is 5.78 Å². The average Bonchev–Trinajstić information content (AvgIpc) is 2.78. The predicted octanol–water partition coefficient (Wildman–Crippen LogP) is 1.84. The number of aromatic nitrogens is 2. The maximum absolute atomic E-state index is 12.3. The van der Waals surface area contributed by atoms with Crippen LogP contribution in [0.1, 0.15) is 33.3 Å². The van der Waals surface area contributed by atoms with Crippen molar-refractivity contribution in [3.63, 3.8) is 0 Å². The summed E-state index contributed by atoms with van der Waals surface area (Å²) >= 11 is 0. The number of carboxylic acid groups (broad SMARTS) is 1. The van der Waals surface area contributed by atoms with Gasteiger partial charge in [0.15, 0.2) is 0 Å². The molecule has 0 fully saturated rings. The molecule has 7 nitrogen and oxygen atoms in total. The Bertz CT molecular complexity index is 778. The molecule has 2 aromatic heterocycles. The fraction of sp³-hybridized carbons (Fsp3) is 0.250. The number of hydrogen-bond acceptors (Lipinski definition) is 5. The van der Waals surface area contributed by atoms with E-state index < -0.39 is 17.7 Å². The van der Waals surface area contributed by atoms with Crippen LogP contribution in [0.3, 0.4) is 0 Å². The molecule has 2 aromatic rings. The number of ether oxygens (including phenoxy) is 1. The Morgan fingerprint density at radius 3 is 2.39 bits per heavy atom. The highest BCUT2D eigenvalue weighted by atomic mass is 16.5. The van der Waals surface area contributed by atoms with Crippen LogP contribution in [0.15, 0.2) is 24.5 Å². The van der Waals surface area contributed by atoms with Gasteiger partial charge < -0.3 is 14.4 Å². The van der Waals surface area contributed by atoms with Crippen LogP contribution in [0.5, 0.6) is 0 Å². The Morgan fingerprint density at radius 2 is 1.87 bits per heavy atom. The third kappa shape index (κ3) is 2.85. The summed E-state index contributed by atoms with van der Waals surface area (Å²) in [6.07, 6.45) is 3.05. The Kier molecular flexibility index (Phi) is 4.59. The number of esters is 1. The number of Topliss-reactive ketones (excluding diaryl/α,β-unsaturated/α-hetero) is 1. The topological polar surface area (TPSA) is 98.5 Å².